The summed E-state index contributed by atoms with van der Waals surface area (Å²) >= 11 is 12.3. The van der Waals surface area contributed by atoms with Crippen LogP contribution in [0.5, 0.6) is 5.75 Å². The molecule has 0 bridgehead atoms. The number of benzene rings is 1. The van der Waals surface area contributed by atoms with Crippen molar-refractivity contribution in [3.8, 4) is 5.75 Å². The third-order valence-electron chi connectivity index (χ3n) is 6.68. The van der Waals surface area contributed by atoms with E-state index in [4.69, 9.17) is 23.2 Å². The number of fused-ring (bicyclic) bond motifs is 1. The van der Waals surface area contributed by atoms with Gasteiger partial charge in [-0.3, -0.25) is 4.98 Å². The highest BCUT2D eigenvalue weighted by Crippen LogP contribution is 2.36. The van der Waals surface area contributed by atoms with Gasteiger partial charge in [-0.25, -0.2) is 0 Å². The summed E-state index contributed by atoms with van der Waals surface area (Å²) in [4.78, 5) is 6.85. The quantitative estimate of drug-likeness (QED) is 0.557. The van der Waals surface area contributed by atoms with Gasteiger partial charge in [0.15, 0.2) is 5.75 Å². The van der Waals surface area contributed by atoms with Crippen molar-refractivity contribution in [2.75, 3.05) is 26.0 Å². The van der Waals surface area contributed by atoms with E-state index < -0.39 is 0 Å². The fourth-order valence-corrected chi connectivity index (χ4v) is 5.49. The molecular weight excluding hydrogens is 457 g/mol. The molecule has 4 rings (SSSR count). The predicted molar refractivity (Wildman–Crippen MR) is 137 cm³/mol. The van der Waals surface area contributed by atoms with Crippen LogP contribution >= 0.6 is 23.2 Å². The van der Waals surface area contributed by atoms with Crippen molar-refractivity contribution >= 4 is 46.4 Å². The van der Waals surface area contributed by atoms with Crippen LogP contribution in [0.1, 0.15) is 43.7 Å². The Kier molecular flexibility index (Phi) is 7.22. The molecule has 0 atom stereocenters. The van der Waals surface area contributed by atoms with Gasteiger partial charge in [0.1, 0.15) is 0 Å². The maximum absolute atomic E-state index is 10.4. The van der Waals surface area contributed by atoms with Gasteiger partial charge in [0.05, 0.1) is 26.8 Å². The summed E-state index contributed by atoms with van der Waals surface area (Å²) in [5.41, 5.74) is 3.59. The Hall–Kier alpha value is -2.21. The van der Waals surface area contributed by atoms with Gasteiger partial charge in [0, 0.05) is 29.2 Å². The third kappa shape index (κ3) is 5.32. The number of aliphatic hydroxyl groups is 1. The van der Waals surface area contributed by atoms with Crippen molar-refractivity contribution in [3.63, 3.8) is 0 Å². The van der Waals surface area contributed by atoms with Gasteiger partial charge in [-0.15, -0.1) is 0 Å². The summed E-state index contributed by atoms with van der Waals surface area (Å²) < 4.78 is 0. The Morgan fingerprint density at radius 2 is 1.73 bits per heavy atom. The molecule has 0 spiro atoms. The highest BCUT2D eigenvalue weighted by Gasteiger charge is 2.24. The summed E-state index contributed by atoms with van der Waals surface area (Å²) in [6.45, 7) is 2.86. The van der Waals surface area contributed by atoms with E-state index in [1.807, 2.05) is 12.2 Å². The number of phenolic OH excluding ortho intramolecular Hbond substituents is 1. The smallest absolute Gasteiger partial charge is 0.152 e. The largest absolute Gasteiger partial charge is 0.512 e. The lowest BCUT2D eigenvalue weighted by Crippen LogP contribution is -2.30. The standard InChI is InChI=1S/C26H31Cl2N3O2/c1-15(32)20-13-29-24-9-8-23(18-11-21(27)26(33)22(28)12-18)30-25(24)19(20)10-16-4-6-17(7-5-16)14-31(2)3/h8-9,11-13,16-17,30,32-33H,4-7,10,14H2,1-3H3. The number of aromatic nitrogens is 1. The van der Waals surface area contributed by atoms with Crippen molar-refractivity contribution in [2.45, 2.75) is 39.0 Å². The molecule has 1 aliphatic heterocycles. The number of pyridine rings is 1. The molecule has 1 aliphatic carbocycles. The molecule has 2 heterocycles. The van der Waals surface area contributed by atoms with Gasteiger partial charge in [0.25, 0.3) is 0 Å². The topological polar surface area (TPSA) is 68.6 Å². The highest BCUT2D eigenvalue weighted by molar-refractivity contribution is 6.37. The van der Waals surface area contributed by atoms with Crippen LogP contribution in [0.3, 0.4) is 0 Å². The summed E-state index contributed by atoms with van der Waals surface area (Å²) in [6, 6.07) is 3.37. The van der Waals surface area contributed by atoms with E-state index in [0.717, 1.165) is 52.0 Å². The zero-order valence-electron chi connectivity index (χ0n) is 19.3. The Morgan fingerprint density at radius 1 is 1.09 bits per heavy atom. The van der Waals surface area contributed by atoms with Gasteiger partial charge in [-0.2, -0.15) is 0 Å². The zero-order valence-corrected chi connectivity index (χ0v) is 20.8. The molecule has 1 saturated carbocycles. The number of phenols is 1. The minimum Gasteiger partial charge on any atom is -0.512 e. The lowest BCUT2D eigenvalue weighted by molar-refractivity contribution is 0.222. The van der Waals surface area contributed by atoms with Crippen LogP contribution in [0, 0.1) is 11.8 Å². The molecule has 3 N–H and O–H groups in total. The van der Waals surface area contributed by atoms with Crippen LogP contribution in [0.25, 0.3) is 17.5 Å². The Morgan fingerprint density at radius 3 is 2.33 bits per heavy atom. The summed E-state index contributed by atoms with van der Waals surface area (Å²) in [5, 5.41) is 25.9. The van der Waals surface area contributed by atoms with Gasteiger partial charge >= 0.3 is 0 Å². The van der Waals surface area contributed by atoms with Crippen LogP contribution in [0.15, 0.2) is 24.4 Å². The fraction of sp³-hybridized carbons (Fsp3) is 0.423. The SMILES string of the molecule is CC(O)=c1cnc2c(c1CC1CCC(CN(C)C)CC1)NC(c1cc(Cl)c(O)c(Cl)c1)=CC=2. The van der Waals surface area contributed by atoms with E-state index in [1.165, 1.54) is 25.7 Å². The van der Waals surface area contributed by atoms with Crippen molar-refractivity contribution in [3.05, 3.63) is 56.1 Å². The Bertz CT molecular complexity index is 1170. The van der Waals surface area contributed by atoms with Crippen LogP contribution in [0.2, 0.25) is 10.0 Å². The summed E-state index contributed by atoms with van der Waals surface area (Å²) in [6.07, 6.45) is 11.4. The minimum absolute atomic E-state index is 0.122. The number of hydrogen-bond acceptors (Lipinski definition) is 5. The first-order valence-electron chi connectivity index (χ1n) is 11.4. The van der Waals surface area contributed by atoms with E-state index in [0.29, 0.717) is 5.92 Å². The Labute approximate surface area is 205 Å². The number of allylic oxidation sites excluding steroid dienone is 1. The maximum atomic E-state index is 10.4. The number of nitrogens with one attached hydrogen (secondary N) is 1. The molecule has 0 unspecified atom stereocenters. The first-order valence-corrected chi connectivity index (χ1v) is 12.2. The number of nitrogens with zero attached hydrogens (tertiary/aromatic N) is 2. The molecule has 1 fully saturated rings. The van der Waals surface area contributed by atoms with Gasteiger partial charge in [-0.05, 0) is 94.8 Å². The molecule has 1 aromatic heterocycles. The molecule has 0 amide bonds. The number of aromatic hydroxyl groups is 1. The number of rotatable bonds is 5. The lowest BCUT2D eigenvalue weighted by Gasteiger charge is -2.31. The molecular formula is C26H31Cl2N3O2. The zero-order chi connectivity index (χ0) is 23.7. The first kappa shape index (κ1) is 23.9. The Balaban J connectivity index is 1.64. The highest BCUT2D eigenvalue weighted by atomic mass is 35.5. The second kappa shape index (κ2) is 9.96. The van der Waals surface area contributed by atoms with E-state index in [-0.39, 0.29) is 21.6 Å². The molecule has 5 nitrogen and oxygen atoms in total. The molecule has 0 saturated heterocycles. The molecule has 0 radical (unpaired) electrons. The van der Waals surface area contributed by atoms with Crippen LogP contribution in [0.4, 0.5) is 5.69 Å². The van der Waals surface area contributed by atoms with Gasteiger partial charge < -0.3 is 20.4 Å². The van der Waals surface area contributed by atoms with Crippen LogP contribution in [-0.4, -0.2) is 40.7 Å². The maximum Gasteiger partial charge on any atom is 0.152 e. The van der Waals surface area contributed by atoms with Crippen molar-refractivity contribution in [2.24, 2.45) is 11.8 Å². The lowest BCUT2D eigenvalue weighted by atomic mass is 9.78. The van der Waals surface area contributed by atoms with Crippen molar-refractivity contribution in [1.29, 1.82) is 0 Å². The van der Waals surface area contributed by atoms with Gasteiger partial charge in [-0.1, -0.05) is 23.2 Å². The summed E-state index contributed by atoms with van der Waals surface area (Å²) in [7, 11) is 4.28. The number of hydrogen-bond donors (Lipinski definition) is 3. The van der Waals surface area contributed by atoms with Crippen molar-refractivity contribution in [1.82, 2.24) is 9.88 Å². The second-order valence-corrected chi connectivity index (χ2v) is 10.3. The first-order chi connectivity index (χ1) is 15.7. The molecule has 1 aromatic carbocycles. The molecule has 7 heteroatoms. The van der Waals surface area contributed by atoms with E-state index in [2.05, 4.69) is 29.3 Å². The normalized spacial score (nSPS) is 21.1. The van der Waals surface area contributed by atoms with E-state index in [9.17, 15) is 10.2 Å². The average molecular weight is 488 g/mol. The fourth-order valence-electron chi connectivity index (χ4n) is 5.01. The molecule has 176 valence electrons. The van der Waals surface area contributed by atoms with E-state index >= 15 is 0 Å². The molecule has 33 heavy (non-hydrogen) atoms. The molecule has 2 aromatic rings. The van der Waals surface area contributed by atoms with Crippen molar-refractivity contribution < 1.29 is 10.2 Å². The second-order valence-electron chi connectivity index (χ2n) is 9.51. The molecule has 2 aliphatic rings. The number of halogens is 2. The van der Waals surface area contributed by atoms with Crippen LogP contribution in [-0.2, 0) is 6.42 Å². The van der Waals surface area contributed by atoms with Gasteiger partial charge in [0.2, 0.25) is 0 Å². The number of anilines is 1. The average Bonchev–Trinajstić information content (AvgIpc) is 2.77. The number of aliphatic hydroxyl groups excluding tert-OH is 1. The van der Waals surface area contributed by atoms with Crippen LogP contribution < -0.4 is 15.9 Å². The minimum atomic E-state index is -0.122. The monoisotopic (exact) mass is 487 g/mol. The van der Waals surface area contributed by atoms with E-state index in [1.54, 1.807) is 25.3 Å². The summed E-state index contributed by atoms with van der Waals surface area (Å²) in [5.74, 6) is 1.48. The predicted octanol–water partition coefficient (Wildman–Crippen LogP) is 4.94. The third-order valence-corrected chi connectivity index (χ3v) is 7.26.